The highest BCUT2D eigenvalue weighted by Gasteiger charge is 2.00. The molecule has 0 saturated heterocycles. The van der Waals surface area contributed by atoms with Gasteiger partial charge in [-0.3, -0.25) is 0 Å². The minimum Gasteiger partial charge on any atom is -0.472 e. The largest absolute Gasteiger partial charge is 0.472 e. The molecule has 0 radical (unpaired) electrons. The minimum absolute atomic E-state index is 0.641. The van der Waals surface area contributed by atoms with Crippen LogP contribution in [0, 0.1) is 18.8 Å². The number of rotatable bonds is 1. The third-order valence-electron chi connectivity index (χ3n) is 1.63. The fraction of sp³-hybridized carbons (Fsp3) is 0.300. The van der Waals surface area contributed by atoms with Crippen molar-refractivity contribution >= 4 is 5.97 Å². The molecule has 0 spiro atoms. The minimum atomic E-state index is -1.14. The van der Waals surface area contributed by atoms with Gasteiger partial charge in [0.1, 0.15) is 0 Å². The Kier molecular flexibility index (Phi) is 3.19. The Labute approximate surface area is 82.0 Å². The van der Waals surface area contributed by atoms with Crippen LogP contribution in [0.5, 0.6) is 0 Å². The summed E-state index contributed by atoms with van der Waals surface area (Å²) in [4.78, 5) is 10.2. The molecule has 0 aliphatic rings. The highest BCUT2D eigenvalue weighted by Crippen LogP contribution is 2.05. The van der Waals surface area contributed by atoms with E-state index >= 15 is 0 Å². The van der Waals surface area contributed by atoms with Crippen molar-refractivity contribution in [3.8, 4) is 11.8 Å². The Morgan fingerprint density at radius 2 is 2.29 bits per heavy atom. The molecule has 14 heavy (non-hydrogen) atoms. The van der Waals surface area contributed by atoms with Gasteiger partial charge in [0.25, 0.3) is 0 Å². The van der Waals surface area contributed by atoms with Gasteiger partial charge >= 0.3 is 5.97 Å². The maximum absolute atomic E-state index is 10.2. The van der Waals surface area contributed by atoms with E-state index in [9.17, 15) is 4.79 Å². The van der Waals surface area contributed by atoms with E-state index in [0.717, 1.165) is 11.4 Å². The number of aromatic nitrogens is 2. The molecule has 1 N–H and O–H groups in total. The molecule has 72 valence electrons. The topological polar surface area (TPSA) is 63.1 Å². The molecule has 0 atom stereocenters. The van der Waals surface area contributed by atoms with Gasteiger partial charge < -0.3 is 5.11 Å². The van der Waals surface area contributed by atoms with Crippen molar-refractivity contribution in [3.05, 3.63) is 23.0 Å². The summed E-state index contributed by atoms with van der Waals surface area (Å²) in [6.07, 6.45) is 0.691. The van der Waals surface area contributed by atoms with Crippen LogP contribution in [-0.4, -0.2) is 21.3 Å². The van der Waals surface area contributed by atoms with Crippen molar-refractivity contribution in [1.82, 2.24) is 10.2 Å². The first-order chi connectivity index (χ1) is 6.63. The van der Waals surface area contributed by atoms with E-state index in [2.05, 4.69) is 22.0 Å². The van der Waals surface area contributed by atoms with Gasteiger partial charge in [0.05, 0.1) is 17.0 Å². The van der Waals surface area contributed by atoms with Crippen LogP contribution in [0.15, 0.2) is 6.07 Å². The molecule has 1 aromatic heterocycles. The predicted octanol–water partition coefficient (Wildman–Crippen LogP) is 0.784. The van der Waals surface area contributed by atoms with Crippen LogP contribution in [0.4, 0.5) is 0 Å². The van der Waals surface area contributed by atoms with Crippen molar-refractivity contribution in [3.63, 3.8) is 0 Å². The molecule has 0 bridgehead atoms. The lowest BCUT2D eigenvalue weighted by molar-refractivity contribution is -0.130. The molecule has 0 unspecified atom stereocenters. The standard InChI is InChI=1S/C10H10N2O2/c1-3-9-8(4-5-10(13)14)6-7(2)11-12-9/h6H,3H2,1-2H3,(H,13,14). The summed E-state index contributed by atoms with van der Waals surface area (Å²) in [6.45, 7) is 3.71. The summed E-state index contributed by atoms with van der Waals surface area (Å²) in [5.41, 5.74) is 2.10. The molecule has 4 heteroatoms. The lowest BCUT2D eigenvalue weighted by atomic mass is 10.1. The van der Waals surface area contributed by atoms with E-state index in [1.165, 1.54) is 0 Å². The number of carbonyl (C=O) groups is 1. The zero-order chi connectivity index (χ0) is 10.6. The first-order valence-electron chi connectivity index (χ1n) is 4.21. The van der Waals surface area contributed by atoms with Gasteiger partial charge in [-0.1, -0.05) is 12.8 Å². The highest BCUT2D eigenvalue weighted by molar-refractivity contribution is 5.87. The van der Waals surface area contributed by atoms with Crippen molar-refractivity contribution in [2.45, 2.75) is 20.3 Å². The van der Waals surface area contributed by atoms with Crippen molar-refractivity contribution < 1.29 is 9.90 Å². The maximum atomic E-state index is 10.2. The Bertz CT molecular complexity index is 416. The maximum Gasteiger partial charge on any atom is 0.382 e. The first-order valence-corrected chi connectivity index (χ1v) is 4.21. The van der Waals surface area contributed by atoms with Crippen LogP contribution in [0.3, 0.4) is 0 Å². The monoisotopic (exact) mass is 190 g/mol. The summed E-state index contributed by atoms with van der Waals surface area (Å²) in [6, 6.07) is 1.74. The van der Waals surface area contributed by atoms with Crippen LogP contribution < -0.4 is 0 Å². The zero-order valence-electron chi connectivity index (χ0n) is 8.03. The van der Waals surface area contributed by atoms with E-state index in [1.807, 2.05) is 6.92 Å². The van der Waals surface area contributed by atoms with Crippen molar-refractivity contribution in [2.24, 2.45) is 0 Å². The second-order valence-corrected chi connectivity index (χ2v) is 2.75. The molecule has 0 aliphatic carbocycles. The van der Waals surface area contributed by atoms with Crippen LogP contribution >= 0.6 is 0 Å². The number of carboxylic acid groups (broad SMARTS) is 1. The van der Waals surface area contributed by atoms with Gasteiger partial charge in [-0.05, 0) is 19.4 Å². The quantitative estimate of drug-likeness (QED) is 0.665. The lowest BCUT2D eigenvalue weighted by Crippen LogP contribution is -1.98. The van der Waals surface area contributed by atoms with Gasteiger partial charge in [0, 0.05) is 5.92 Å². The molecule has 1 rings (SSSR count). The molecule has 1 heterocycles. The van der Waals surface area contributed by atoms with Crippen molar-refractivity contribution in [2.75, 3.05) is 0 Å². The number of aliphatic carboxylic acids is 1. The fourth-order valence-corrected chi connectivity index (χ4v) is 1.00. The molecule has 0 fully saturated rings. The van der Waals surface area contributed by atoms with E-state index < -0.39 is 5.97 Å². The van der Waals surface area contributed by atoms with Crippen LogP contribution in [0.25, 0.3) is 0 Å². The Morgan fingerprint density at radius 3 is 2.86 bits per heavy atom. The molecule has 1 aromatic rings. The van der Waals surface area contributed by atoms with Crippen molar-refractivity contribution in [1.29, 1.82) is 0 Å². The van der Waals surface area contributed by atoms with Gasteiger partial charge in [-0.2, -0.15) is 10.2 Å². The average Bonchev–Trinajstić information content (AvgIpc) is 2.15. The number of nitrogens with zero attached hydrogens (tertiary/aromatic N) is 2. The summed E-state index contributed by atoms with van der Waals surface area (Å²) < 4.78 is 0. The Morgan fingerprint density at radius 1 is 1.57 bits per heavy atom. The van der Waals surface area contributed by atoms with Gasteiger partial charge in [-0.25, -0.2) is 4.79 Å². The number of hydrogen-bond donors (Lipinski definition) is 1. The summed E-state index contributed by atoms with van der Waals surface area (Å²) in [7, 11) is 0. The summed E-state index contributed by atoms with van der Waals surface area (Å²) >= 11 is 0. The van der Waals surface area contributed by atoms with Crippen LogP contribution in [0.2, 0.25) is 0 Å². The predicted molar refractivity (Wildman–Crippen MR) is 50.7 cm³/mol. The molecule has 4 nitrogen and oxygen atoms in total. The third-order valence-corrected chi connectivity index (χ3v) is 1.63. The average molecular weight is 190 g/mol. The van der Waals surface area contributed by atoms with Gasteiger partial charge in [0.2, 0.25) is 0 Å². The van der Waals surface area contributed by atoms with E-state index in [-0.39, 0.29) is 0 Å². The summed E-state index contributed by atoms with van der Waals surface area (Å²) in [5.74, 6) is 3.48. The summed E-state index contributed by atoms with van der Waals surface area (Å²) in [5, 5.41) is 16.2. The normalized spacial score (nSPS) is 9.00. The molecule has 0 saturated carbocycles. The second kappa shape index (κ2) is 4.38. The second-order valence-electron chi connectivity index (χ2n) is 2.75. The van der Waals surface area contributed by atoms with Gasteiger partial charge in [0.15, 0.2) is 0 Å². The number of hydrogen-bond acceptors (Lipinski definition) is 3. The van der Waals surface area contributed by atoms with E-state index in [0.29, 0.717) is 12.0 Å². The Balaban J connectivity index is 3.13. The SMILES string of the molecule is CCc1nnc(C)cc1C#CC(=O)O. The lowest BCUT2D eigenvalue weighted by Gasteiger charge is -1.99. The third kappa shape index (κ3) is 2.56. The molecule has 0 amide bonds. The molecule has 0 aromatic carbocycles. The smallest absolute Gasteiger partial charge is 0.382 e. The highest BCUT2D eigenvalue weighted by atomic mass is 16.4. The van der Waals surface area contributed by atoms with E-state index in [4.69, 9.17) is 5.11 Å². The van der Waals surface area contributed by atoms with E-state index in [1.54, 1.807) is 13.0 Å². The zero-order valence-corrected chi connectivity index (χ0v) is 8.03. The van der Waals surface area contributed by atoms with Crippen LogP contribution in [0.1, 0.15) is 23.9 Å². The fourth-order valence-electron chi connectivity index (χ4n) is 1.00. The van der Waals surface area contributed by atoms with Crippen LogP contribution in [-0.2, 0) is 11.2 Å². The Hall–Kier alpha value is -1.89. The van der Waals surface area contributed by atoms with Gasteiger partial charge in [-0.15, -0.1) is 0 Å². The number of carboxylic acids is 1. The molecular weight excluding hydrogens is 180 g/mol. The first kappa shape index (κ1) is 10.2. The molecular formula is C10H10N2O2. The number of aryl methyl sites for hydroxylation is 2. The molecule has 0 aliphatic heterocycles.